The molecule has 0 fully saturated rings. The van der Waals surface area contributed by atoms with Crippen LogP contribution in [0.25, 0.3) is 0 Å². The number of aliphatic hydroxyl groups is 1. The van der Waals surface area contributed by atoms with Crippen LogP contribution in [0.5, 0.6) is 5.75 Å². The van der Waals surface area contributed by atoms with Crippen molar-refractivity contribution in [3.8, 4) is 5.75 Å². The maximum atomic E-state index is 11.3. The van der Waals surface area contributed by atoms with Crippen LogP contribution in [-0.2, 0) is 4.79 Å². The number of rotatable bonds is 6. The molecule has 0 saturated carbocycles. The van der Waals surface area contributed by atoms with Gasteiger partial charge in [0.25, 0.3) is 0 Å². The maximum absolute atomic E-state index is 11.3. The van der Waals surface area contributed by atoms with Gasteiger partial charge in [0.15, 0.2) is 0 Å². The van der Waals surface area contributed by atoms with Crippen LogP contribution in [-0.4, -0.2) is 19.2 Å². The minimum Gasteiger partial charge on any atom is -0.544 e. The van der Waals surface area contributed by atoms with E-state index in [1.165, 1.54) is 0 Å². The Kier molecular flexibility index (Phi) is 5.11. The lowest BCUT2D eigenvalue weighted by Crippen LogP contribution is -2.29. The number of benzene rings is 1. The zero-order valence-electron chi connectivity index (χ0n) is 11.6. The van der Waals surface area contributed by atoms with Crippen LogP contribution >= 0.6 is 0 Å². The van der Waals surface area contributed by atoms with E-state index in [9.17, 15) is 9.90 Å². The van der Waals surface area contributed by atoms with Gasteiger partial charge >= 0.3 is 0 Å². The van der Waals surface area contributed by atoms with Gasteiger partial charge in [-0.1, -0.05) is 19.1 Å². The van der Waals surface area contributed by atoms with Crippen molar-refractivity contribution in [2.75, 3.05) is 0 Å². The second-order valence-electron chi connectivity index (χ2n) is 5.40. The quantitative estimate of drug-likeness (QED) is 0.804. The van der Waals surface area contributed by atoms with E-state index in [-0.39, 0.29) is 12.2 Å². The van der Waals surface area contributed by atoms with Crippen molar-refractivity contribution in [3.63, 3.8) is 0 Å². The van der Waals surface area contributed by atoms with Gasteiger partial charge in [-0.2, -0.15) is 0 Å². The molecule has 1 aromatic carbocycles. The summed E-state index contributed by atoms with van der Waals surface area (Å²) >= 11 is 0. The standard InChI is InChI=1S/C14H22O3Si/c1-5-12(15)10-14(16)11-6-8-13(9-7-11)17-18(2,3)4/h6-9,14,16H,5,10H2,1-4H3. The zero-order valence-corrected chi connectivity index (χ0v) is 12.6. The minimum absolute atomic E-state index is 0.0740. The normalized spacial score (nSPS) is 13.2. The summed E-state index contributed by atoms with van der Waals surface area (Å²) in [5.41, 5.74) is 0.764. The van der Waals surface area contributed by atoms with Crippen LogP contribution in [0.4, 0.5) is 0 Å². The molecular formula is C14H22O3Si. The Morgan fingerprint density at radius 1 is 1.28 bits per heavy atom. The molecule has 4 heteroatoms. The Morgan fingerprint density at radius 2 is 1.83 bits per heavy atom. The lowest BCUT2D eigenvalue weighted by atomic mass is 10.0. The van der Waals surface area contributed by atoms with Crippen molar-refractivity contribution in [2.24, 2.45) is 0 Å². The van der Waals surface area contributed by atoms with Gasteiger partial charge in [0.1, 0.15) is 11.5 Å². The van der Waals surface area contributed by atoms with E-state index >= 15 is 0 Å². The van der Waals surface area contributed by atoms with Crippen molar-refractivity contribution >= 4 is 14.1 Å². The SMILES string of the molecule is CCC(=O)CC(O)c1ccc(O[Si](C)(C)C)cc1. The van der Waals surface area contributed by atoms with E-state index in [0.717, 1.165) is 11.3 Å². The fourth-order valence-electron chi connectivity index (χ4n) is 1.59. The monoisotopic (exact) mass is 266 g/mol. The molecule has 0 aromatic heterocycles. The number of hydrogen-bond acceptors (Lipinski definition) is 3. The first kappa shape index (κ1) is 14.9. The molecule has 0 aliphatic heterocycles. The molecule has 1 rings (SSSR count). The summed E-state index contributed by atoms with van der Waals surface area (Å²) in [5, 5.41) is 9.89. The predicted octanol–water partition coefficient (Wildman–Crippen LogP) is 3.30. The van der Waals surface area contributed by atoms with Gasteiger partial charge in [-0.3, -0.25) is 4.79 Å². The Morgan fingerprint density at radius 3 is 2.28 bits per heavy atom. The van der Waals surface area contributed by atoms with Crippen LogP contribution in [0, 0.1) is 0 Å². The molecule has 0 amide bonds. The predicted molar refractivity (Wildman–Crippen MR) is 75.3 cm³/mol. The average molecular weight is 266 g/mol. The molecular weight excluding hydrogens is 244 g/mol. The third-order valence-corrected chi connectivity index (χ3v) is 3.35. The summed E-state index contributed by atoms with van der Waals surface area (Å²) in [6, 6.07) is 7.35. The van der Waals surface area contributed by atoms with Gasteiger partial charge in [0.2, 0.25) is 8.32 Å². The minimum atomic E-state index is -1.59. The van der Waals surface area contributed by atoms with E-state index in [1.807, 2.05) is 24.3 Å². The smallest absolute Gasteiger partial charge is 0.242 e. The third kappa shape index (κ3) is 5.02. The molecule has 0 heterocycles. The highest BCUT2D eigenvalue weighted by atomic mass is 28.4. The second-order valence-corrected chi connectivity index (χ2v) is 9.82. The molecule has 0 bridgehead atoms. The van der Waals surface area contributed by atoms with Crippen LogP contribution in [0.2, 0.25) is 19.6 Å². The first-order valence-electron chi connectivity index (χ1n) is 6.30. The Labute approximate surface area is 110 Å². The Balaban J connectivity index is 2.67. The summed E-state index contributed by atoms with van der Waals surface area (Å²) in [5.74, 6) is 0.900. The summed E-state index contributed by atoms with van der Waals surface area (Å²) in [6.45, 7) is 8.17. The zero-order chi connectivity index (χ0) is 13.8. The number of carbonyl (C=O) groups is 1. The van der Waals surface area contributed by atoms with E-state index in [2.05, 4.69) is 19.6 Å². The Bertz CT molecular complexity index is 392. The largest absolute Gasteiger partial charge is 0.544 e. The number of carbonyl (C=O) groups excluding carboxylic acids is 1. The van der Waals surface area contributed by atoms with E-state index < -0.39 is 14.4 Å². The van der Waals surface area contributed by atoms with E-state index in [1.54, 1.807) is 6.92 Å². The summed E-state index contributed by atoms with van der Waals surface area (Å²) < 4.78 is 5.83. The van der Waals surface area contributed by atoms with E-state index in [4.69, 9.17) is 4.43 Å². The number of ketones is 1. The second kappa shape index (κ2) is 6.16. The highest BCUT2D eigenvalue weighted by Crippen LogP contribution is 2.22. The molecule has 0 aliphatic rings. The number of aliphatic hydroxyl groups excluding tert-OH is 1. The fraction of sp³-hybridized carbons (Fsp3) is 0.500. The van der Waals surface area contributed by atoms with Gasteiger partial charge in [-0.15, -0.1) is 0 Å². The molecule has 3 nitrogen and oxygen atoms in total. The first-order chi connectivity index (χ1) is 8.31. The van der Waals surface area contributed by atoms with Crippen LogP contribution in [0.15, 0.2) is 24.3 Å². The third-order valence-electron chi connectivity index (χ3n) is 2.50. The molecule has 1 atom stereocenters. The van der Waals surface area contributed by atoms with Crippen LogP contribution in [0.1, 0.15) is 31.4 Å². The summed E-state index contributed by atoms with van der Waals surface area (Å²) in [6.07, 6.45) is -0.0584. The van der Waals surface area contributed by atoms with Crippen LogP contribution in [0.3, 0.4) is 0 Å². The first-order valence-corrected chi connectivity index (χ1v) is 9.71. The lowest BCUT2D eigenvalue weighted by Gasteiger charge is -2.19. The van der Waals surface area contributed by atoms with Crippen molar-refractivity contribution in [1.29, 1.82) is 0 Å². The highest BCUT2D eigenvalue weighted by molar-refractivity contribution is 6.70. The average Bonchev–Trinajstić information content (AvgIpc) is 2.27. The molecule has 1 aromatic rings. The molecule has 0 aliphatic carbocycles. The van der Waals surface area contributed by atoms with Gasteiger partial charge in [-0.25, -0.2) is 0 Å². The topological polar surface area (TPSA) is 46.5 Å². The highest BCUT2D eigenvalue weighted by Gasteiger charge is 2.17. The van der Waals surface area contributed by atoms with Gasteiger partial charge in [0, 0.05) is 12.8 Å². The molecule has 1 N–H and O–H groups in total. The molecule has 0 spiro atoms. The van der Waals surface area contributed by atoms with Crippen molar-refractivity contribution in [2.45, 2.75) is 45.5 Å². The van der Waals surface area contributed by atoms with Gasteiger partial charge in [-0.05, 0) is 37.3 Å². The maximum Gasteiger partial charge on any atom is 0.242 e. The molecule has 0 saturated heterocycles. The fourth-order valence-corrected chi connectivity index (χ4v) is 2.43. The van der Waals surface area contributed by atoms with Gasteiger partial charge < -0.3 is 9.53 Å². The van der Waals surface area contributed by atoms with Crippen molar-refractivity contribution in [1.82, 2.24) is 0 Å². The van der Waals surface area contributed by atoms with E-state index in [0.29, 0.717) is 6.42 Å². The summed E-state index contributed by atoms with van der Waals surface area (Å²) in [7, 11) is -1.59. The van der Waals surface area contributed by atoms with Gasteiger partial charge in [0.05, 0.1) is 6.10 Å². The molecule has 100 valence electrons. The number of Topliss-reactive ketones (excluding diaryl/α,β-unsaturated/α-hetero) is 1. The van der Waals surface area contributed by atoms with Crippen molar-refractivity contribution < 1.29 is 14.3 Å². The Hall–Kier alpha value is -1.13. The van der Waals surface area contributed by atoms with Crippen molar-refractivity contribution in [3.05, 3.63) is 29.8 Å². The molecule has 1 unspecified atom stereocenters. The number of hydrogen-bond donors (Lipinski definition) is 1. The molecule has 0 radical (unpaired) electrons. The van der Waals surface area contributed by atoms with Crippen LogP contribution < -0.4 is 4.43 Å². The summed E-state index contributed by atoms with van der Waals surface area (Å²) in [4.78, 5) is 11.3. The molecule has 18 heavy (non-hydrogen) atoms. The lowest BCUT2D eigenvalue weighted by molar-refractivity contribution is -0.120.